The summed E-state index contributed by atoms with van der Waals surface area (Å²) in [5, 5.41) is 4.29. The smallest absolute Gasteiger partial charge is 0.249 e. The zero-order chi connectivity index (χ0) is 20.4. The summed E-state index contributed by atoms with van der Waals surface area (Å²) in [6, 6.07) is 5.36. The molecule has 3 aromatic rings. The van der Waals surface area contributed by atoms with E-state index in [0.717, 1.165) is 44.7 Å². The lowest BCUT2D eigenvalue weighted by atomic mass is 9.98. The van der Waals surface area contributed by atoms with Crippen LogP contribution in [0.25, 0.3) is 16.5 Å². The zero-order valence-corrected chi connectivity index (χ0v) is 17.4. The Morgan fingerprint density at radius 2 is 2.04 bits per heavy atom. The second-order valence-corrected chi connectivity index (χ2v) is 7.09. The number of halogens is 1. The van der Waals surface area contributed by atoms with E-state index in [4.69, 9.17) is 20.8 Å². The molecule has 5 nitrogen and oxygen atoms in total. The molecule has 0 fully saturated rings. The zero-order valence-electron chi connectivity index (χ0n) is 16.6. The van der Waals surface area contributed by atoms with E-state index in [2.05, 4.69) is 10.3 Å². The minimum Gasteiger partial charge on any atom is -0.493 e. The summed E-state index contributed by atoms with van der Waals surface area (Å²) in [6.45, 7) is 10.3. The van der Waals surface area contributed by atoms with E-state index in [1.807, 2.05) is 40.7 Å². The van der Waals surface area contributed by atoms with Crippen LogP contribution >= 0.6 is 11.6 Å². The number of amides is 1. The van der Waals surface area contributed by atoms with Gasteiger partial charge in [0.25, 0.3) is 0 Å². The number of aryl methyl sites for hydroxylation is 3. The van der Waals surface area contributed by atoms with Crippen molar-refractivity contribution in [3.8, 4) is 5.75 Å². The second kappa shape index (κ2) is 8.07. The standard InChI is InChI=1S/C22H23ClN2O3/c1-6-27-21-14(4)22-18(13(3)15(5)28-22)10-17(21)12(2)9-20(26)25-19-8-7-16(23)11-24-19/h7-11H,6H2,1-5H3,(H,24,25,26)/b12-9+. The number of rotatable bonds is 5. The number of benzene rings is 1. The molecule has 28 heavy (non-hydrogen) atoms. The van der Waals surface area contributed by atoms with Gasteiger partial charge in [-0.2, -0.15) is 0 Å². The van der Waals surface area contributed by atoms with Crippen molar-refractivity contribution >= 4 is 39.9 Å². The van der Waals surface area contributed by atoms with Crippen LogP contribution in [0.2, 0.25) is 5.02 Å². The first-order valence-electron chi connectivity index (χ1n) is 9.09. The van der Waals surface area contributed by atoms with Crippen LogP contribution < -0.4 is 10.1 Å². The Morgan fingerprint density at radius 3 is 2.68 bits per heavy atom. The maximum Gasteiger partial charge on any atom is 0.249 e. The van der Waals surface area contributed by atoms with E-state index in [0.29, 0.717) is 17.4 Å². The van der Waals surface area contributed by atoms with Gasteiger partial charge in [-0.15, -0.1) is 0 Å². The normalized spacial score (nSPS) is 11.7. The number of allylic oxidation sites excluding steroid dienone is 1. The first-order chi connectivity index (χ1) is 13.3. The molecule has 0 radical (unpaired) electrons. The summed E-state index contributed by atoms with van der Waals surface area (Å²) >= 11 is 5.83. The number of carbonyl (C=O) groups excluding carboxylic acids is 1. The molecule has 0 aliphatic heterocycles. The molecular weight excluding hydrogens is 376 g/mol. The quantitative estimate of drug-likeness (QED) is 0.547. The van der Waals surface area contributed by atoms with Crippen molar-refractivity contribution in [3.05, 3.63) is 57.9 Å². The number of hydrogen-bond acceptors (Lipinski definition) is 4. The number of aromatic nitrogens is 1. The van der Waals surface area contributed by atoms with Gasteiger partial charge in [0.05, 0.1) is 11.6 Å². The second-order valence-electron chi connectivity index (χ2n) is 6.65. The monoisotopic (exact) mass is 398 g/mol. The van der Waals surface area contributed by atoms with Gasteiger partial charge in [0, 0.05) is 28.8 Å². The van der Waals surface area contributed by atoms with E-state index in [1.165, 1.54) is 6.20 Å². The lowest BCUT2D eigenvalue weighted by Crippen LogP contribution is -2.10. The Morgan fingerprint density at radius 1 is 1.29 bits per heavy atom. The topological polar surface area (TPSA) is 64.4 Å². The molecule has 2 heterocycles. The number of pyridine rings is 1. The Labute approximate surface area is 169 Å². The maximum atomic E-state index is 12.5. The highest BCUT2D eigenvalue weighted by Crippen LogP contribution is 2.38. The van der Waals surface area contributed by atoms with Crippen LogP contribution in [-0.2, 0) is 4.79 Å². The third kappa shape index (κ3) is 3.90. The number of anilines is 1. The molecule has 6 heteroatoms. The largest absolute Gasteiger partial charge is 0.493 e. The van der Waals surface area contributed by atoms with Crippen LogP contribution in [0.3, 0.4) is 0 Å². The third-order valence-electron chi connectivity index (χ3n) is 4.69. The van der Waals surface area contributed by atoms with Crippen molar-refractivity contribution in [2.45, 2.75) is 34.6 Å². The van der Waals surface area contributed by atoms with Gasteiger partial charge in [-0.3, -0.25) is 4.79 Å². The maximum absolute atomic E-state index is 12.5. The van der Waals surface area contributed by atoms with Gasteiger partial charge in [0.2, 0.25) is 5.91 Å². The van der Waals surface area contributed by atoms with Crippen LogP contribution in [0.5, 0.6) is 5.75 Å². The van der Waals surface area contributed by atoms with Crippen molar-refractivity contribution in [2.24, 2.45) is 0 Å². The SMILES string of the molecule is CCOc1c(/C(C)=C/C(=O)Nc2ccc(Cl)cn2)cc2c(C)c(C)oc2c1C. The molecule has 0 atom stereocenters. The van der Waals surface area contributed by atoms with Crippen LogP contribution in [0.1, 0.15) is 36.3 Å². The summed E-state index contributed by atoms with van der Waals surface area (Å²) in [7, 11) is 0. The number of hydrogen-bond donors (Lipinski definition) is 1. The molecule has 1 N–H and O–H groups in total. The summed E-state index contributed by atoms with van der Waals surface area (Å²) < 4.78 is 11.8. The molecule has 0 saturated heterocycles. The summed E-state index contributed by atoms with van der Waals surface area (Å²) in [5.41, 5.74) is 4.50. The first kappa shape index (κ1) is 20.0. The minimum atomic E-state index is -0.271. The third-order valence-corrected chi connectivity index (χ3v) is 4.91. The average Bonchev–Trinajstić information content (AvgIpc) is 2.94. The van der Waals surface area contributed by atoms with Crippen molar-refractivity contribution in [2.75, 3.05) is 11.9 Å². The molecule has 0 aliphatic rings. The van der Waals surface area contributed by atoms with Gasteiger partial charge in [-0.25, -0.2) is 4.98 Å². The lowest BCUT2D eigenvalue weighted by molar-refractivity contribution is -0.111. The Balaban J connectivity index is 2.01. The van der Waals surface area contributed by atoms with Gasteiger partial charge in [-0.05, 0) is 64.0 Å². The molecule has 0 saturated carbocycles. The fourth-order valence-corrected chi connectivity index (χ4v) is 3.23. The fraction of sp³-hybridized carbons (Fsp3) is 0.273. The number of fused-ring (bicyclic) bond motifs is 1. The molecule has 0 aliphatic carbocycles. The fourth-order valence-electron chi connectivity index (χ4n) is 3.12. The van der Waals surface area contributed by atoms with Gasteiger partial charge in [0.1, 0.15) is 22.9 Å². The predicted octanol–water partition coefficient (Wildman–Crippen LogP) is 5.85. The number of furan rings is 1. The first-order valence-corrected chi connectivity index (χ1v) is 9.47. The Kier molecular flexibility index (Phi) is 5.75. The molecule has 0 spiro atoms. The van der Waals surface area contributed by atoms with Gasteiger partial charge < -0.3 is 14.5 Å². The van der Waals surface area contributed by atoms with Crippen molar-refractivity contribution in [1.82, 2.24) is 4.98 Å². The van der Waals surface area contributed by atoms with Crippen molar-refractivity contribution in [1.29, 1.82) is 0 Å². The van der Waals surface area contributed by atoms with E-state index in [9.17, 15) is 4.79 Å². The minimum absolute atomic E-state index is 0.271. The number of nitrogens with zero attached hydrogens (tertiary/aromatic N) is 1. The van der Waals surface area contributed by atoms with E-state index in [1.54, 1.807) is 18.2 Å². The van der Waals surface area contributed by atoms with Crippen LogP contribution in [0.15, 0.2) is 34.9 Å². The highest BCUT2D eigenvalue weighted by Gasteiger charge is 2.18. The molecule has 2 aromatic heterocycles. The number of nitrogens with one attached hydrogen (secondary N) is 1. The molecule has 3 rings (SSSR count). The van der Waals surface area contributed by atoms with Crippen molar-refractivity contribution < 1.29 is 13.9 Å². The number of ether oxygens (including phenoxy) is 1. The van der Waals surface area contributed by atoms with Gasteiger partial charge in [0.15, 0.2) is 0 Å². The molecule has 1 amide bonds. The van der Waals surface area contributed by atoms with E-state index < -0.39 is 0 Å². The van der Waals surface area contributed by atoms with Crippen LogP contribution in [0.4, 0.5) is 5.82 Å². The Bertz CT molecular complexity index is 1070. The highest BCUT2D eigenvalue weighted by molar-refractivity contribution is 6.30. The van der Waals surface area contributed by atoms with E-state index >= 15 is 0 Å². The summed E-state index contributed by atoms with van der Waals surface area (Å²) in [6.07, 6.45) is 3.03. The van der Waals surface area contributed by atoms with Crippen molar-refractivity contribution in [3.63, 3.8) is 0 Å². The Hall–Kier alpha value is -2.79. The molecular formula is C22H23ClN2O3. The van der Waals surface area contributed by atoms with Gasteiger partial charge >= 0.3 is 0 Å². The lowest BCUT2D eigenvalue weighted by Gasteiger charge is -2.14. The predicted molar refractivity (Wildman–Crippen MR) is 113 cm³/mol. The van der Waals surface area contributed by atoms with E-state index in [-0.39, 0.29) is 5.91 Å². The average molecular weight is 399 g/mol. The van der Waals surface area contributed by atoms with Crippen LogP contribution in [-0.4, -0.2) is 17.5 Å². The molecule has 1 aromatic carbocycles. The molecule has 0 bridgehead atoms. The summed E-state index contributed by atoms with van der Waals surface area (Å²) in [4.78, 5) is 16.5. The van der Waals surface area contributed by atoms with Gasteiger partial charge in [-0.1, -0.05) is 11.6 Å². The highest BCUT2D eigenvalue weighted by atomic mass is 35.5. The molecule has 0 unspecified atom stereocenters. The molecule has 146 valence electrons. The number of carbonyl (C=O) groups is 1. The summed E-state index contributed by atoms with van der Waals surface area (Å²) in [5.74, 6) is 1.78. The van der Waals surface area contributed by atoms with Crippen LogP contribution in [0, 0.1) is 20.8 Å².